The van der Waals surface area contributed by atoms with E-state index in [0.29, 0.717) is 5.69 Å². The van der Waals surface area contributed by atoms with Gasteiger partial charge in [-0.05, 0) is 31.4 Å². The van der Waals surface area contributed by atoms with E-state index >= 15 is 0 Å². The molecule has 1 atom stereocenters. The van der Waals surface area contributed by atoms with Crippen LogP contribution < -0.4 is 0 Å². The lowest BCUT2D eigenvalue weighted by Crippen LogP contribution is -2.31. The van der Waals surface area contributed by atoms with Crippen molar-refractivity contribution in [1.82, 2.24) is 24.3 Å². The number of nitrogens with one attached hydrogen (secondary N) is 1. The van der Waals surface area contributed by atoms with Gasteiger partial charge < -0.3 is 9.88 Å². The fourth-order valence-electron chi connectivity index (χ4n) is 3.62. The van der Waals surface area contributed by atoms with E-state index in [1.807, 2.05) is 39.2 Å². The average molecular weight is 351 g/mol. The maximum absolute atomic E-state index is 13.0. The van der Waals surface area contributed by atoms with Crippen LogP contribution in [0.15, 0.2) is 36.0 Å². The smallest absolute Gasteiger partial charge is 0.274 e. The van der Waals surface area contributed by atoms with Crippen LogP contribution in [0.2, 0.25) is 0 Å². The molecule has 6 nitrogen and oxygen atoms in total. The summed E-state index contributed by atoms with van der Waals surface area (Å²) in [7, 11) is 0. The molecule has 0 aliphatic carbocycles. The SMILES string of the molecule is Cc1cccc2[nH]c([C@H]3CCCN3C(=O)c3cn4ccsc4n3)nc12. The molecule has 1 amide bonds. The van der Waals surface area contributed by atoms with E-state index in [1.165, 1.54) is 11.3 Å². The zero-order chi connectivity index (χ0) is 17.0. The summed E-state index contributed by atoms with van der Waals surface area (Å²) in [5.41, 5.74) is 3.66. The Morgan fingerprint density at radius 1 is 1.36 bits per heavy atom. The Labute approximate surface area is 148 Å². The molecule has 3 aromatic heterocycles. The van der Waals surface area contributed by atoms with Crippen LogP contribution in [0.5, 0.6) is 0 Å². The number of benzene rings is 1. The maximum atomic E-state index is 13.0. The third kappa shape index (κ3) is 2.26. The standard InChI is InChI=1S/C18H17N5OS/c1-11-4-2-5-12-15(11)21-16(19-12)14-6-3-7-23(14)17(24)13-10-22-8-9-25-18(22)20-13/h2,4-5,8-10,14H,3,6-7H2,1H3,(H,19,21)/t14-/m1/s1. The second-order valence-electron chi connectivity index (χ2n) is 6.47. The van der Waals surface area contributed by atoms with Crippen molar-refractivity contribution in [1.29, 1.82) is 0 Å². The minimum Gasteiger partial charge on any atom is -0.340 e. The third-order valence-corrected chi connectivity index (χ3v) is 5.65. The van der Waals surface area contributed by atoms with Gasteiger partial charge >= 0.3 is 0 Å². The number of likely N-dealkylation sites (tertiary alicyclic amines) is 1. The lowest BCUT2D eigenvalue weighted by atomic mass is 10.2. The fourth-order valence-corrected chi connectivity index (χ4v) is 4.32. The Bertz CT molecular complexity index is 1060. The largest absolute Gasteiger partial charge is 0.340 e. The number of para-hydroxylation sites is 1. The van der Waals surface area contributed by atoms with Crippen molar-refractivity contribution in [3.05, 3.63) is 53.1 Å². The lowest BCUT2D eigenvalue weighted by Gasteiger charge is -2.22. The summed E-state index contributed by atoms with van der Waals surface area (Å²) >= 11 is 1.53. The van der Waals surface area contributed by atoms with Crippen molar-refractivity contribution in [3.63, 3.8) is 0 Å². The lowest BCUT2D eigenvalue weighted by molar-refractivity contribution is 0.0725. The van der Waals surface area contributed by atoms with Crippen molar-refractivity contribution < 1.29 is 4.79 Å². The Hall–Kier alpha value is -2.67. The van der Waals surface area contributed by atoms with Crippen LogP contribution in [-0.4, -0.2) is 36.7 Å². The molecule has 1 saturated heterocycles. The van der Waals surface area contributed by atoms with Crippen LogP contribution in [0.1, 0.15) is 40.8 Å². The fraction of sp³-hybridized carbons (Fsp3) is 0.278. The molecule has 1 aromatic carbocycles. The molecule has 1 aliphatic rings. The van der Waals surface area contributed by atoms with Crippen LogP contribution in [0.25, 0.3) is 16.0 Å². The van der Waals surface area contributed by atoms with Gasteiger partial charge in [0.15, 0.2) is 4.96 Å². The van der Waals surface area contributed by atoms with Gasteiger partial charge in [0.1, 0.15) is 11.5 Å². The summed E-state index contributed by atoms with van der Waals surface area (Å²) in [4.78, 5) is 28.4. The van der Waals surface area contributed by atoms with E-state index in [2.05, 4.69) is 23.0 Å². The molecule has 1 fully saturated rings. The number of hydrogen-bond acceptors (Lipinski definition) is 4. The van der Waals surface area contributed by atoms with Gasteiger partial charge in [0.25, 0.3) is 5.91 Å². The van der Waals surface area contributed by atoms with Crippen LogP contribution in [0.3, 0.4) is 0 Å². The molecule has 4 aromatic rings. The maximum Gasteiger partial charge on any atom is 0.274 e. The van der Waals surface area contributed by atoms with Gasteiger partial charge in [-0.15, -0.1) is 11.3 Å². The number of fused-ring (bicyclic) bond motifs is 2. The summed E-state index contributed by atoms with van der Waals surface area (Å²) in [6, 6.07) is 6.10. The van der Waals surface area contributed by atoms with Crippen molar-refractivity contribution in [2.75, 3.05) is 6.54 Å². The number of thiazole rings is 1. The van der Waals surface area contributed by atoms with Gasteiger partial charge in [-0.25, -0.2) is 9.97 Å². The van der Waals surface area contributed by atoms with Gasteiger partial charge in [-0.1, -0.05) is 12.1 Å². The van der Waals surface area contributed by atoms with Gasteiger partial charge in [0.2, 0.25) is 0 Å². The van der Waals surface area contributed by atoms with Crippen LogP contribution >= 0.6 is 11.3 Å². The molecule has 7 heteroatoms. The van der Waals surface area contributed by atoms with Gasteiger partial charge in [0, 0.05) is 24.3 Å². The van der Waals surface area contributed by atoms with Crippen molar-refractivity contribution >= 4 is 33.2 Å². The summed E-state index contributed by atoms with van der Waals surface area (Å²) in [5.74, 6) is 0.853. The summed E-state index contributed by atoms with van der Waals surface area (Å²) < 4.78 is 1.90. The number of aromatic amines is 1. The number of H-pyrrole nitrogens is 1. The topological polar surface area (TPSA) is 66.3 Å². The van der Waals surface area contributed by atoms with Crippen molar-refractivity contribution in [2.45, 2.75) is 25.8 Å². The number of rotatable bonds is 2. The van der Waals surface area contributed by atoms with E-state index in [0.717, 1.165) is 46.8 Å². The molecular weight excluding hydrogens is 334 g/mol. The molecule has 126 valence electrons. The number of amides is 1. The molecule has 0 bridgehead atoms. The molecule has 25 heavy (non-hydrogen) atoms. The van der Waals surface area contributed by atoms with E-state index < -0.39 is 0 Å². The number of aromatic nitrogens is 4. The van der Waals surface area contributed by atoms with E-state index in [4.69, 9.17) is 4.98 Å². The molecule has 1 aliphatic heterocycles. The molecule has 0 spiro atoms. The Balaban J connectivity index is 1.51. The van der Waals surface area contributed by atoms with Crippen LogP contribution in [0, 0.1) is 6.92 Å². The highest BCUT2D eigenvalue weighted by atomic mass is 32.1. The number of aryl methyl sites for hydroxylation is 1. The van der Waals surface area contributed by atoms with Crippen molar-refractivity contribution in [2.24, 2.45) is 0 Å². The summed E-state index contributed by atoms with van der Waals surface area (Å²) in [6.07, 6.45) is 5.64. The van der Waals surface area contributed by atoms with Gasteiger partial charge in [-0.3, -0.25) is 9.20 Å². The second kappa shape index (κ2) is 5.42. The third-order valence-electron chi connectivity index (χ3n) is 4.87. The van der Waals surface area contributed by atoms with E-state index in [-0.39, 0.29) is 11.9 Å². The minimum absolute atomic E-state index is 0.0148. The van der Waals surface area contributed by atoms with Gasteiger partial charge in [-0.2, -0.15) is 0 Å². The predicted octanol–water partition coefficient (Wildman–Crippen LogP) is 3.56. The zero-order valence-corrected chi connectivity index (χ0v) is 14.6. The summed E-state index contributed by atoms with van der Waals surface area (Å²) in [6.45, 7) is 2.80. The first-order valence-electron chi connectivity index (χ1n) is 8.39. The normalized spacial score (nSPS) is 17.8. The minimum atomic E-state index is -0.0180. The predicted molar refractivity (Wildman–Crippen MR) is 96.9 cm³/mol. The Morgan fingerprint density at radius 3 is 3.12 bits per heavy atom. The second-order valence-corrected chi connectivity index (χ2v) is 7.34. The number of nitrogens with zero attached hydrogens (tertiary/aromatic N) is 4. The highest BCUT2D eigenvalue weighted by Crippen LogP contribution is 2.33. The number of carbonyl (C=O) groups is 1. The highest BCUT2D eigenvalue weighted by molar-refractivity contribution is 7.15. The average Bonchev–Trinajstić information content (AvgIpc) is 3.35. The van der Waals surface area contributed by atoms with E-state index in [1.54, 1.807) is 0 Å². The first-order valence-corrected chi connectivity index (χ1v) is 9.27. The quantitative estimate of drug-likeness (QED) is 0.600. The Kier molecular flexibility index (Phi) is 3.18. The first-order chi connectivity index (χ1) is 12.2. The highest BCUT2D eigenvalue weighted by Gasteiger charge is 2.33. The first kappa shape index (κ1) is 14.7. The molecule has 5 rings (SSSR count). The van der Waals surface area contributed by atoms with Crippen LogP contribution in [-0.2, 0) is 0 Å². The molecule has 1 N–H and O–H groups in total. The number of imidazole rings is 2. The molecule has 4 heterocycles. The number of carbonyl (C=O) groups excluding carboxylic acids is 1. The van der Waals surface area contributed by atoms with Crippen molar-refractivity contribution in [3.8, 4) is 0 Å². The monoisotopic (exact) mass is 351 g/mol. The summed E-state index contributed by atoms with van der Waals surface area (Å²) in [5, 5.41) is 1.96. The molecule has 0 radical (unpaired) electrons. The molecule has 0 unspecified atom stereocenters. The zero-order valence-electron chi connectivity index (χ0n) is 13.8. The molecule has 0 saturated carbocycles. The number of hydrogen-bond donors (Lipinski definition) is 1. The Morgan fingerprint density at radius 2 is 2.28 bits per heavy atom. The molecular formula is C18H17N5OS. The van der Waals surface area contributed by atoms with Crippen LogP contribution in [0.4, 0.5) is 0 Å². The van der Waals surface area contributed by atoms with Gasteiger partial charge in [0.05, 0.1) is 17.1 Å². The van der Waals surface area contributed by atoms with E-state index in [9.17, 15) is 4.79 Å².